The second kappa shape index (κ2) is 6.12. The van der Waals surface area contributed by atoms with Gasteiger partial charge in [0.05, 0.1) is 16.9 Å². The van der Waals surface area contributed by atoms with Gasteiger partial charge in [0.1, 0.15) is 0 Å². The van der Waals surface area contributed by atoms with Gasteiger partial charge in [-0.3, -0.25) is 4.79 Å². The summed E-state index contributed by atoms with van der Waals surface area (Å²) in [7, 11) is 0. The van der Waals surface area contributed by atoms with Gasteiger partial charge in [-0.25, -0.2) is 9.67 Å². The van der Waals surface area contributed by atoms with E-state index in [0.29, 0.717) is 22.7 Å². The Morgan fingerprint density at radius 1 is 0.926 bits per heavy atom. The van der Waals surface area contributed by atoms with E-state index in [4.69, 9.17) is 0 Å². The number of aryl methyl sites for hydroxylation is 1. The molecule has 0 aliphatic carbocycles. The molecule has 0 N–H and O–H groups in total. The van der Waals surface area contributed by atoms with Crippen molar-refractivity contribution in [2.75, 3.05) is 0 Å². The van der Waals surface area contributed by atoms with Crippen LogP contribution in [0.2, 0.25) is 0 Å². The van der Waals surface area contributed by atoms with Crippen LogP contribution < -0.4 is 5.56 Å². The molecule has 0 atom stereocenters. The number of halogens is 3. The molecule has 0 radical (unpaired) electrons. The predicted octanol–water partition coefficient (Wildman–Crippen LogP) is 4.48. The van der Waals surface area contributed by atoms with Crippen LogP contribution in [0.15, 0.2) is 71.5 Å². The van der Waals surface area contributed by atoms with Gasteiger partial charge in [0, 0.05) is 23.4 Å². The molecule has 27 heavy (non-hydrogen) atoms. The van der Waals surface area contributed by atoms with E-state index in [1.807, 2.05) is 30.3 Å². The summed E-state index contributed by atoms with van der Waals surface area (Å²) in [6.45, 7) is 1.72. The molecule has 4 rings (SSSR count). The molecule has 0 aliphatic rings. The molecule has 0 amide bonds. The number of aromatic nitrogens is 3. The molecule has 2 aromatic heterocycles. The average Bonchev–Trinajstić information content (AvgIpc) is 3.01. The van der Waals surface area contributed by atoms with Gasteiger partial charge in [-0.2, -0.15) is 17.7 Å². The Balaban J connectivity index is 2.02. The lowest BCUT2D eigenvalue weighted by Gasteiger charge is -2.13. The number of benzene rings is 2. The summed E-state index contributed by atoms with van der Waals surface area (Å²) < 4.78 is 41.6. The number of fused-ring (bicyclic) bond motifs is 1. The van der Waals surface area contributed by atoms with Gasteiger partial charge in [0.15, 0.2) is 5.65 Å². The Morgan fingerprint density at radius 3 is 2.22 bits per heavy atom. The monoisotopic (exact) mass is 369 g/mol. The summed E-state index contributed by atoms with van der Waals surface area (Å²) >= 11 is 0. The van der Waals surface area contributed by atoms with Crippen molar-refractivity contribution in [2.24, 2.45) is 0 Å². The van der Waals surface area contributed by atoms with Crippen LogP contribution in [0.4, 0.5) is 13.2 Å². The van der Waals surface area contributed by atoms with Gasteiger partial charge < -0.3 is 0 Å². The fourth-order valence-corrected chi connectivity index (χ4v) is 3.06. The molecule has 0 bridgehead atoms. The standard InChI is InChI=1S/C20H14F3N3O/c1-13-11-19(27)26-18(24-13)12-17(14-5-3-2-4-6-14)25(26)16-9-7-15(8-10-16)20(21,22)23/h2-12H,1H3. The largest absolute Gasteiger partial charge is 0.416 e. The van der Waals surface area contributed by atoms with Gasteiger partial charge in [-0.15, -0.1) is 0 Å². The topological polar surface area (TPSA) is 39.3 Å². The first kappa shape index (κ1) is 17.1. The van der Waals surface area contributed by atoms with Gasteiger partial charge >= 0.3 is 6.18 Å². The lowest BCUT2D eigenvalue weighted by Crippen LogP contribution is -2.20. The van der Waals surface area contributed by atoms with E-state index < -0.39 is 11.7 Å². The van der Waals surface area contributed by atoms with Crippen LogP contribution in [0, 0.1) is 6.92 Å². The molecular formula is C20H14F3N3O. The molecular weight excluding hydrogens is 355 g/mol. The highest BCUT2D eigenvalue weighted by Crippen LogP contribution is 2.31. The molecule has 0 aliphatic heterocycles. The highest BCUT2D eigenvalue weighted by Gasteiger charge is 2.30. The first-order valence-electron chi connectivity index (χ1n) is 8.20. The van der Waals surface area contributed by atoms with Gasteiger partial charge in [0.2, 0.25) is 0 Å². The maximum Gasteiger partial charge on any atom is 0.416 e. The normalized spacial score (nSPS) is 11.9. The molecule has 2 heterocycles. The molecule has 0 unspecified atom stereocenters. The lowest BCUT2D eigenvalue weighted by atomic mass is 10.1. The highest BCUT2D eigenvalue weighted by molar-refractivity contribution is 5.67. The van der Waals surface area contributed by atoms with Crippen molar-refractivity contribution >= 4 is 5.65 Å². The maximum absolute atomic E-state index is 12.9. The second-order valence-electron chi connectivity index (χ2n) is 6.16. The van der Waals surface area contributed by atoms with Crippen molar-refractivity contribution in [1.29, 1.82) is 0 Å². The molecule has 136 valence electrons. The fraction of sp³-hybridized carbons (Fsp3) is 0.100. The first-order valence-corrected chi connectivity index (χ1v) is 8.20. The van der Waals surface area contributed by atoms with Crippen molar-refractivity contribution in [1.82, 2.24) is 14.2 Å². The van der Waals surface area contributed by atoms with Crippen molar-refractivity contribution in [2.45, 2.75) is 13.1 Å². The molecule has 4 aromatic rings. The van der Waals surface area contributed by atoms with Gasteiger partial charge in [0.25, 0.3) is 5.56 Å². The molecule has 0 saturated carbocycles. The molecule has 4 nitrogen and oxygen atoms in total. The van der Waals surface area contributed by atoms with Crippen LogP contribution in [0.3, 0.4) is 0 Å². The quantitative estimate of drug-likeness (QED) is 0.523. The maximum atomic E-state index is 12.9. The van der Waals surface area contributed by atoms with Crippen LogP contribution in [-0.2, 0) is 6.18 Å². The van der Waals surface area contributed by atoms with E-state index in [0.717, 1.165) is 17.7 Å². The summed E-state index contributed by atoms with van der Waals surface area (Å²) in [5, 5.41) is 0. The number of hydrogen-bond acceptors (Lipinski definition) is 2. The molecule has 0 spiro atoms. The Morgan fingerprint density at radius 2 is 1.59 bits per heavy atom. The number of rotatable bonds is 2. The summed E-state index contributed by atoms with van der Waals surface area (Å²) in [6, 6.07) is 17.1. The minimum atomic E-state index is -4.42. The Kier molecular flexibility index (Phi) is 3.87. The predicted molar refractivity (Wildman–Crippen MR) is 96.0 cm³/mol. The summed E-state index contributed by atoms with van der Waals surface area (Å²) in [6.07, 6.45) is -4.42. The molecule has 0 saturated heterocycles. The Hall–Kier alpha value is -3.35. The van der Waals surface area contributed by atoms with Gasteiger partial charge in [-0.05, 0) is 31.2 Å². The summed E-state index contributed by atoms with van der Waals surface area (Å²) in [5.41, 5.74) is 1.86. The van der Waals surface area contributed by atoms with Crippen molar-refractivity contribution in [3.05, 3.63) is 88.3 Å². The third-order valence-corrected chi connectivity index (χ3v) is 4.25. The van der Waals surface area contributed by atoms with E-state index in [1.165, 1.54) is 22.7 Å². The lowest BCUT2D eigenvalue weighted by molar-refractivity contribution is -0.137. The van der Waals surface area contributed by atoms with E-state index in [2.05, 4.69) is 4.98 Å². The third kappa shape index (κ3) is 3.01. The van der Waals surface area contributed by atoms with E-state index >= 15 is 0 Å². The zero-order chi connectivity index (χ0) is 19.2. The Bertz CT molecular complexity index is 1170. The zero-order valence-electron chi connectivity index (χ0n) is 14.2. The summed E-state index contributed by atoms with van der Waals surface area (Å²) in [5.74, 6) is 0. The molecule has 0 fully saturated rings. The van der Waals surface area contributed by atoms with Crippen LogP contribution in [0.25, 0.3) is 22.6 Å². The number of nitrogens with zero attached hydrogens (tertiary/aromatic N) is 3. The van der Waals surface area contributed by atoms with E-state index in [1.54, 1.807) is 17.7 Å². The fourth-order valence-electron chi connectivity index (χ4n) is 3.06. The van der Waals surface area contributed by atoms with Crippen LogP contribution in [-0.4, -0.2) is 14.2 Å². The molecule has 2 aromatic carbocycles. The van der Waals surface area contributed by atoms with Crippen molar-refractivity contribution in [3.63, 3.8) is 0 Å². The highest BCUT2D eigenvalue weighted by atomic mass is 19.4. The van der Waals surface area contributed by atoms with Crippen LogP contribution in [0.1, 0.15) is 11.3 Å². The van der Waals surface area contributed by atoms with Gasteiger partial charge in [-0.1, -0.05) is 30.3 Å². The van der Waals surface area contributed by atoms with E-state index in [-0.39, 0.29) is 5.56 Å². The van der Waals surface area contributed by atoms with Crippen LogP contribution in [0.5, 0.6) is 0 Å². The van der Waals surface area contributed by atoms with Crippen molar-refractivity contribution in [3.8, 4) is 16.9 Å². The minimum Gasteiger partial charge on any atom is -0.267 e. The van der Waals surface area contributed by atoms with E-state index in [9.17, 15) is 18.0 Å². The SMILES string of the molecule is Cc1cc(=O)n2c(cc(-c3ccccc3)n2-c2ccc(C(F)(F)F)cc2)n1. The minimum absolute atomic E-state index is 0.306. The smallest absolute Gasteiger partial charge is 0.267 e. The van der Waals surface area contributed by atoms with Crippen molar-refractivity contribution < 1.29 is 13.2 Å². The first-order chi connectivity index (χ1) is 12.8. The van der Waals surface area contributed by atoms with Crippen LogP contribution >= 0.6 is 0 Å². The Labute approximate surface area is 152 Å². The second-order valence-corrected chi connectivity index (χ2v) is 6.16. The summed E-state index contributed by atoms with van der Waals surface area (Å²) in [4.78, 5) is 17.0. The number of alkyl halides is 3. The third-order valence-electron chi connectivity index (χ3n) is 4.25. The zero-order valence-corrected chi connectivity index (χ0v) is 14.2. The molecule has 7 heteroatoms. The average molecular weight is 369 g/mol. The number of hydrogen-bond donors (Lipinski definition) is 0.